The van der Waals surface area contributed by atoms with Gasteiger partial charge in [-0.2, -0.15) is 0 Å². The molecule has 1 aliphatic rings. The third kappa shape index (κ3) is 6.74. The lowest BCUT2D eigenvalue weighted by Crippen LogP contribution is -2.48. The monoisotopic (exact) mass is 438 g/mol. The van der Waals surface area contributed by atoms with Gasteiger partial charge in [0.15, 0.2) is 13.2 Å². The fourth-order valence-corrected chi connectivity index (χ4v) is 3.79. The van der Waals surface area contributed by atoms with Crippen LogP contribution in [0.1, 0.15) is 44.7 Å². The lowest BCUT2D eigenvalue weighted by Gasteiger charge is -2.32. The van der Waals surface area contributed by atoms with Crippen LogP contribution >= 0.6 is 0 Å². The number of aryl methyl sites for hydroxylation is 1. The maximum atomic E-state index is 12.5. The number of likely N-dealkylation sites (tertiary alicyclic amines) is 1. The number of benzene rings is 2. The number of piperidine rings is 1. The summed E-state index contributed by atoms with van der Waals surface area (Å²) in [5.74, 6) is 1.27. The number of rotatable bonds is 7. The summed E-state index contributed by atoms with van der Waals surface area (Å²) in [4.78, 5) is 26.6. The lowest BCUT2D eigenvalue weighted by molar-refractivity contribution is -0.134. The molecule has 0 aromatic heterocycles. The zero-order valence-corrected chi connectivity index (χ0v) is 19.5. The van der Waals surface area contributed by atoms with Crippen LogP contribution in [0.15, 0.2) is 48.5 Å². The first-order valence-electron chi connectivity index (χ1n) is 11.2. The molecule has 2 aromatic carbocycles. The number of carbonyl (C=O) groups is 2. The van der Waals surface area contributed by atoms with E-state index in [1.54, 1.807) is 4.90 Å². The second-order valence-corrected chi connectivity index (χ2v) is 9.36. The molecule has 1 N–H and O–H groups in total. The van der Waals surface area contributed by atoms with E-state index in [0.717, 1.165) is 24.2 Å². The Labute approximate surface area is 190 Å². The van der Waals surface area contributed by atoms with E-state index in [-0.39, 0.29) is 36.5 Å². The molecule has 1 aliphatic heterocycles. The van der Waals surface area contributed by atoms with E-state index >= 15 is 0 Å². The van der Waals surface area contributed by atoms with Gasteiger partial charge >= 0.3 is 0 Å². The number of ether oxygens (including phenoxy) is 2. The highest BCUT2D eigenvalue weighted by Gasteiger charge is 2.25. The van der Waals surface area contributed by atoms with E-state index < -0.39 is 0 Å². The first-order chi connectivity index (χ1) is 15.2. The maximum Gasteiger partial charge on any atom is 0.260 e. The molecule has 1 fully saturated rings. The standard InChI is InChI=1S/C26H34N2O4/c1-19-10-11-23(22(16-19)26(2,3)4)32-17-24(29)27-20-12-14-28(15-13-20)25(30)18-31-21-8-6-5-7-9-21/h5-11,16,20H,12-15,17-18H2,1-4H3,(H,27,29). The minimum atomic E-state index is -0.136. The highest BCUT2D eigenvalue weighted by Crippen LogP contribution is 2.32. The molecule has 1 heterocycles. The van der Waals surface area contributed by atoms with E-state index in [4.69, 9.17) is 9.47 Å². The molecule has 0 spiro atoms. The van der Waals surface area contributed by atoms with Crippen molar-refractivity contribution >= 4 is 11.8 Å². The van der Waals surface area contributed by atoms with Gasteiger partial charge in [-0.15, -0.1) is 0 Å². The molecule has 3 rings (SSSR count). The number of hydrogen-bond donors (Lipinski definition) is 1. The fourth-order valence-electron chi connectivity index (χ4n) is 3.79. The van der Waals surface area contributed by atoms with Crippen LogP contribution in [-0.4, -0.2) is 49.1 Å². The van der Waals surface area contributed by atoms with Crippen molar-refractivity contribution in [2.45, 2.75) is 52.0 Å². The minimum Gasteiger partial charge on any atom is -0.484 e. The van der Waals surface area contributed by atoms with Gasteiger partial charge in [0.25, 0.3) is 11.8 Å². The van der Waals surface area contributed by atoms with E-state index in [2.05, 4.69) is 39.1 Å². The number of nitrogens with zero attached hydrogens (tertiary/aromatic N) is 1. The van der Waals surface area contributed by atoms with Crippen molar-refractivity contribution in [1.29, 1.82) is 0 Å². The van der Waals surface area contributed by atoms with Crippen molar-refractivity contribution in [3.63, 3.8) is 0 Å². The Hall–Kier alpha value is -3.02. The van der Waals surface area contributed by atoms with Crippen LogP contribution in [0.25, 0.3) is 0 Å². The largest absolute Gasteiger partial charge is 0.484 e. The molecule has 0 saturated carbocycles. The SMILES string of the molecule is Cc1ccc(OCC(=O)NC2CCN(C(=O)COc3ccccc3)CC2)c(C(C)(C)C)c1. The Kier molecular flexibility index (Phi) is 7.78. The van der Waals surface area contributed by atoms with Crippen molar-refractivity contribution in [1.82, 2.24) is 10.2 Å². The van der Waals surface area contributed by atoms with E-state index in [1.807, 2.05) is 42.5 Å². The van der Waals surface area contributed by atoms with Crippen molar-refractivity contribution in [2.75, 3.05) is 26.3 Å². The Bertz CT molecular complexity index is 913. The molecule has 0 aliphatic carbocycles. The van der Waals surface area contributed by atoms with E-state index in [9.17, 15) is 9.59 Å². The summed E-state index contributed by atoms with van der Waals surface area (Å²) in [7, 11) is 0. The molecule has 32 heavy (non-hydrogen) atoms. The highest BCUT2D eigenvalue weighted by molar-refractivity contribution is 5.79. The van der Waals surface area contributed by atoms with Crippen LogP contribution in [0.4, 0.5) is 0 Å². The van der Waals surface area contributed by atoms with Gasteiger partial charge < -0.3 is 19.7 Å². The van der Waals surface area contributed by atoms with Gasteiger partial charge in [-0.25, -0.2) is 0 Å². The quantitative estimate of drug-likeness (QED) is 0.713. The van der Waals surface area contributed by atoms with Crippen LogP contribution in [0, 0.1) is 6.92 Å². The molecule has 172 valence electrons. The Morgan fingerprint density at radius 1 is 1.00 bits per heavy atom. The molecule has 0 bridgehead atoms. The van der Waals surface area contributed by atoms with Gasteiger partial charge in [-0.05, 0) is 48.9 Å². The average molecular weight is 439 g/mol. The summed E-state index contributed by atoms with van der Waals surface area (Å²) < 4.78 is 11.4. The van der Waals surface area contributed by atoms with Crippen molar-refractivity contribution in [3.8, 4) is 11.5 Å². The van der Waals surface area contributed by atoms with Gasteiger partial charge in [-0.3, -0.25) is 9.59 Å². The van der Waals surface area contributed by atoms with Gasteiger partial charge in [0.2, 0.25) is 0 Å². The third-order valence-corrected chi connectivity index (χ3v) is 5.62. The van der Waals surface area contributed by atoms with Gasteiger partial charge in [0.1, 0.15) is 11.5 Å². The number of carbonyl (C=O) groups excluding carboxylic acids is 2. The number of amides is 2. The topological polar surface area (TPSA) is 67.9 Å². The summed E-state index contributed by atoms with van der Waals surface area (Å²) >= 11 is 0. The predicted octanol–water partition coefficient (Wildman–Crippen LogP) is 3.86. The average Bonchev–Trinajstić information content (AvgIpc) is 2.77. The summed E-state index contributed by atoms with van der Waals surface area (Å²) in [6.07, 6.45) is 1.45. The Morgan fingerprint density at radius 3 is 2.34 bits per heavy atom. The van der Waals surface area contributed by atoms with Crippen LogP contribution in [0.2, 0.25) is 0 Å². The smallest absolute Gasteiger partial charge is 0.260 e. The summed E-state index contributed by atoms with van der Waals surface area (Å²) in [6.45, 7) is 9.68. The molecule has 6 nitrogen and oxygen atoms in total. The normalized spacial score (nSPS) is 14.7. The zero-order valence-electron chi connectivity index (χ0n) is 19.5. The molecular weight excluding hydrogens is 404 g/mol. The molecule has 2 aromatic rings. The summed E-state index contributed by atoms with van der Waals surface area (Å²) in [5, 5.41) is 3.04. The third-order valence-electron chi connectivity index (χ3n) is 5.62. The molecule has 0 radical (unpaired) electrons. The Morgan fingerprint density at radius 2 is 1.69 bits per heavy atom. The lowest BCUT2D eigenvalue weighted by atomic mass is 9.85. The summed E-state index contributed by atoms with van der Waals surface area (Å²) in [5.41, 5.74) is 2.19. The summed E-state index contributed by atoms with van der Waals surface area (Å²) in [6, 6.07) is 15.4. The molecule has 6 heteroatoms. The minimum absolute atomic E-state index is 0.0177. The maximum absolute atomic E-state index is 12.5. The highest BCUT2D eigenvalue weighted by atomic mass is 16.5. The molecule has 1 saturated heterocycles. The van der Waals surface area contributed by atoms with Crippen molar-refractivity contribution in [2.24, 2.45) is 0 Å². The second kappa shape index (κ2) is 10.5. The van der Waals surface area contributed by atoms with Gasteiger partial charge in [-0.1, -0.05) is 56.7 Å². The molecular formula is C26H34N2O4. The van der Waals surface area contributed by atoms with E-state index in [1.165, 1.54) is 5.56 Å². The number of hydrogen-bond acceptors (Lipinski definition) is 4. The number of para-hydroxylation sites is 1. The molecule has 2 amide bonds. The van der Waals surface area contributed by atoms with Crippen LogP contribution in [-0.2, 0) is 15.0 Å². The van der Waals surface area contributed by atoms with Crippen LogP contribution in [0.5, 0.6) is 11.5 Å². The first-order valence-corrected chi connectivity index (χ1v) is 11.2. The predicted molar refractivity (Wildman–Crippen MR) is 125 cm³/mol. The van der Waals surface area contributed by atoms with E-state index in [0.29, 0.717) is 18.8 Å². The second-order valence-electron chi connectivity index (χ2n) is 9.36. The number of nitrogens with one attached hydrogen (secondary N) is 1. The zero-order chi connectivity index (χ0) is 23.1. The van der Waals surface area contributed by atoms with Crippen LogP contribution < -0.4 is 14.8 Å². The molecule has 0 atom stereocenters. The van der Waals surface area contributed by atoms with Gasteiger partial charge in [0, 0.05) is 19.1 Å². The Balaban J connectivity index is 1.42. The molecule has 0 unspecified atom stereocenters. The van der Waals surface area contributed by atoms with Crippen molar-refractivity contribution in [3.05, 3.63) is 59.7 Å². The first kappa shape index (κ1) is 23.6. The van der Waals surface area contributed by atoms with Gasteiger partial charge in [0.05, 0.1) is 0 Å². The fraction of sp³-hybridized carbons (Fsp3) is 0.462. The van der Waals surface area contributed by atoms with Crippen molar-refractivity contribution < 1.29 is 19.1 Å². The van der Waals surface area contributed by atoms with Crippen LogP contribution in [0.3, 0.4) is 0 Å².